The van der Waals surface area contributed by atoms with E-state index in [0.717, 1.165) is 17.5 Å². The van der Waals surface area contributed by atoms with Gasteiger partial charge in [-0.2, -0.15) is 4.98 Å². The molecule has 7 heteroatoms. The number of aromatic nitrogens is 3. The number of nitrogens with two attached hydrogens (primary N) is 1. The van der Waals surface area contributed by atoms with Gasteiger partial charge in [0.25, 0.3) is 5.71 Å². The quantitative estimate of drug-likeness (QED) is 0.843. The van der Waals surface area contributed by atoms with Gasteiger partial charge in [0.1, 0.15) is 17.5 Å². The molecule has 3 rings (SSSR count). The van der Waals surface area contributed by atoms with Crippen molar-refractivity contribution < 1.29 is 9.26 Å². The summed E-state index contributed by atoms with van der Waals surface area (Å²) in [5.74, 6) is 0.702. The van der Waals surface area contributed by atoms with Gasteiger partial charge in [-0.3, -0.25) is 0 Å². The molecule has 0 aromatic carbocycles. The van der Waals surface area contributed by atoms with Gasteiger partial charge in [-0.1, -0.05) is 5.16 Å². The Morgan fingerprint density at radius 1 is 1.53 bits per heavy atom. The van der Waals surface area contributed by atoms with Gasteiger partial charge < -0.3 is 20.3 Å². The van der Waals surface area contributed by atoms with Crippen molar-refractivity contribution in [1.29, 1.82) is 0 Å². The molecule has 3 atom stereocenters. The number of aryl methyl sites for hydroxylation is 1. The Hall–Kier alpha value is -1.73. The normalized spacial score (nSPS) is 26.4. The third kappa shape index (κ3) is 2.04. The summed E-state index contributed by atoms with van der Waals surface area (Å²) in [5, 5.41) is 8.04. The van der Waals surface area contributed by atoms with Gasteiger partial charge in [0.15, 0.2) is 0 Å². The Labute approximate surface area is 110 Å². The summed E-state index contributed by atoms with van der Waals surface area (Å²) in [6.45, 7) is 4.52. The molecule has 0 bridgehead atoms. The molecular formula is C12H17N5O2. The Balaban J connectivity index is 1.87. The zero-order chi connectivity index (χ0) is 13.4. The standard InChI is InChI=1S/C12H17N5O2/c1-3-18-8-4-7(13)10(8)16-11-9-6(2)17-19-12(9)15-5-14-11/h5,7-8,10H,3-4,13H2,1-2H3,(H,14,15,16). The molecule has 102 valence electrons. The molecule has 3 N–H and O–H groups in total. The minimum atomic E-state index is 0.0624. The van der Waals surface area contributed by atoms with Crippen LogP contribution >= 0.6 is 0 Å². The molecule has 1 aliphatic carbocycles. The molecule has 0 radical (unpaired) electrons. The molecule has 0 saturated heterocycles. The van der Waals surface area contributed by atoms with Crippen molar-refractivity contribution in [3.05, 3.63) is 12.0 Å². The second kappa shape index (κ2) is 4.75. The summed E-state index contributed by atoms with van der Waals surface area (Å²) >= 11 is 0. The highest BCUT2D eigenvalue weighted by Crippen LogP contribution is 2.29. The van der Waals surface area contributed by atoms with Gasteiger partial charge in [0.05, 0.1) is 17.8 Å². The van der Waals surface area contributed by atoms with Crippen LogP contribution in [0.5, 0.6) is 0 Å². The van der Waals surface area contributed by atoms with Gasteiger partial charge in [-0.05, 0) is 20.3 Å². The van der Waals surface area contributed by atoms with E-state index in [1.807, 2.05) is 13.8 Å². The first-order chi connectivity index (χ1) is 9.20. The number of hydrogen-bond donors (Lipinski definition) is 2. The molecule has 3 unspecified atom stereocenters. The molecular weight excluding hydrogens is 246 g/mol. The molecule has 1 aliphatic rings. The number of nitrogens with one attached hydrogen (secondary N) is 1. The average molecular weight is 263 g/mol. The first-order valence-corrected chi connectivity index (χ1v) is 6.41. The molecule has 2 aromatic heterocycles. The highest BCUT2D eigenvalue weighted by Gasteiger charge is 2.40. The van der Waals surface area contributed by atoms with Crippen molar-refractivity contribution in [2.75, 3.05) is 11.9 Å². The average Bonchev–Trinajstić information content (AvgIpc) is 2.78. The Morgan fingerprint density at radius 3 is 3.11 bits per heavy atom. The fraction of sp³-hybridized carbons (Fsp3) is 0.583. The zero-order valence-electron chi connectivity index (χ0n) is 11.0. The molecule has 0 spiro atoms. The first kappa shape index (κ1) is 12.3. The Bertz CT molecular complexity index is 583. The summed E-state index contributed by atoms with van der Waals surface area (Å²) in [4.78, 5) is 8.30. The van der Waals surface area contributed by atoms with Gasteiger partial charge in [-0.15, -0.1) is 0 Å². The van der Waals surface area contributed by atoms with E-state index in [4.69, 9.17) is 15.0 Å². The van der Waals surface area contributed by atoms with Crippen molar-refractivity contribution in [2.24, 2.45) is 5.73 Å². The Kier molecular flexibility index (Phi) is 3.08. The van der Waals surface area contributed by atoms with Gasteiger partial charge in [-0.25, -0.2) is 4.98 Å². The second-order valence-corrected chi connectivity index (χ2v) is 4.73. The van der Waals surface area contributed by atoms with E-state index >= 15 is 0 Å². The maximum absolute atomic E-state index is 6.02. The van der Waals surface area contributed by atoms with Crippen LogP contribution in [0.15, 0.2) is 10.9 Å². The predicted molar refractivity (Wildman–Crippen MR) is 69.8 cm³/mol. The van der Waals surface area contributed by atoms with E-state index in [1.54, 1.807) is 0 Å². The number of ether oxygens (including phenoxy) is 1. The van der Waals surface area contributed by atoms with Crippen LogP contribution in [0.3, 0.4) is 0 Å². The lowest BCUT2D eigenvalue weighted by Crippen LogP contribution is -2.60. The number of rotatable bonds is 4. The van der Waals surface area contributed by atoms with E-state index < -0.39 is 0 Å². The largest absolute Gasteiger partial charge is 0.376 e. The SMILES string of the molecule is CCOC1CC(N)C1Nc1ncnc2onc(C)c12. The van der Waals surface area contributed by atoms with E-state index in [-0.39, 0.29) is 18.2 Å². The summed E-state index contributed by atoms with van der Waals surface area (Å²) in [6, 6.07) is 0.133. The second-order valence-electron chi connectivity index (χ2n) is 4.73. The number of hydrogen-bond acceptors (Lipinski definition) is 7. The van der Waals surface area contributed by atoms with Crippen LogP contribution in [0.25, 0.3) is 11.1 Å². The van der Waals surface area contributed by atoms with E-state index in [2.05, 4.69) is 20.4 Å². The van der Waals surface area contributed by atoms with Crippen molar-refractivity contribution in [3.63, 3.8) is 0 Å². The molecule has 19 heavy (non-hydrogen) atoms. The zero-order valence-corrected chi connectivity index (χ0v) is 11.0. The fourth-order valence-corrected chi connectivity index (χ4v) is 2.42. The van der Waals surface area contributed by atoms with Crippen molar-refractivity contribution in [1.82, 2.24) is 15.1 Å². The van der Waals surface area contributed by atoms with Gasteiger partial charge >= 0.3 is 0 Å². The number of fused-ring (bicyclic) bond motifs is 1. The van der Waals surface area contributed by atoms with Crippen LogP contribution in [0.2, 0.25) is 0 Å². The summed E-state index contributed by atoms with van der Waals surface area (Å²) in [7, 11) is 0. The van der Waals surface area contributed by atoms with E-state index in [0.29, 0.717) is 18.1 Å². The lowest BCUT2D eigenvalue weighted by Gasteiger charge is -2.42. The minimum absolute atomic E-state index is 0.0624. The number of anilines is 1. The minimum Gasteiger partial charge on any atom is -0.376 e. The fourth-order valence-electron chi connectivity index (χ4n) is 2.42. The molecule has 2 aromatic rings. The predicted octanol–water partition coefficient (Wildman–Crippen LogP) is 0.843. The molecule has 0 amide bonds. The summed E-state index contributed by atoms with van der Waals surface area (Å²) < 4.78 is 10.8. The van der Waals surface area contributed by atoms with Crippen LogP contribution in [0, 0.1) is 6.92 Å². The molecule has 2 heterocycles. The summed E-state index contributed by atoms with van der Waals surface area (Å²) in [5.41, 5.74) is 7.27. The highest BCUT2D eigenvalue weighted by molar-refractivity contribution is 5.87. The van der Waals surface area contributed by atoms with Crippen LogP contribution in [-0.2, 0) is 4.74 Å². The third-order valence-corrected chi connectivity index (χ3v) is 3.49. The molecule has 7 nitrogen and oxygen atoms in total. The Morgan fingerprint density at radius 2 is 2.37 bits per heavy atom. The third-order valence-electron chi connectivity index (χ3n) is 3.49. The van der Waals surface area contributed by atoms with Crippen LogP contribution < -0.4 is 11.1 Å². The molecule has 0 aliphatic heterocycles. The smallest absolute Gasteiger partial charge is 0.263 e. The van der Waals surface area contributed by atoms with Crippen molar-refractivity contribution >= 4 is 16.9 Å². The highest BCUT2D eigenvalue weighted by atomic mass is 16.5. The monoisotopic (exact) mass is 263 g/mol. The maximum atomic E-state index is 6.02. The van der Waals surface area contributed by atoms with Crippen molar-refractivity contribution in [2.45, 2.75) is 38.5 Å². The van der Waals surface area contributed by atoms with Gasteiger partial charge in [0.2, 0.25) is 0 Å². The maximum Gasteiger partial charge on any atom is 0.263 e. The van der Waals surface area contributed by atoms with Gasteiger partial charge in [0, 0.05) is 12.6 Å². The van der Waals surface area contributed by atoms with Crippen molar-refractivity contribution in [3.8, 4) is 0 Å². The molecule has 1 saturated carbocycles. The van der Waals surface area contributed by atoms with Crippen LogP contribution in [0.1, 0.15) is 19.0 Å². The number of nitrogens with zero attached hydrogens (tertiary/aromatic N) is 3. The lowest BCUT2D eigenvalue weighted by atomic mass is 9.83. The van der Waals surface area contributed by atoms with E-state index in [9.17, 15) is 0 Å². The van der Waals surface area contributed by atoms with Crippen LogP contribution in [-0.4, -0.2) is 39.9 Å². The topological polar surface area (TPSA) is 99.1 Å². The van der Waals surface area contributed by atoms with E-state index in [1.165, 1.54) is 6.33 Å². The lowest BCUT2D eigenvalue weighted by molar-refractivity contribution is -0.0126. The first-order valence-electron chi connectivity index (χ1n) is 6.41. The molecule has 1 fully saturated rings. The summed E-state index contributed by atoms with van der Waals surface area (Å²) in [6.07, 6.45) is 2.45. The van der Waals surface area contributed by atoms with Crippen LogP contribution in [0.4, 0.5) is 5.82 Å².